The number of primary amides is 1. The van der Waals surface area contributed by atoms with E-state index in [4.69, 9.17) is 10.7 Å². The van der Waals surface area contributed by atoms with Crippen LogP contribution in [-0.4, -0.2) is 84.7 Å². The van der Waals surface area contributed by atoms with Crippen LogP contribution in [-0.2, 0) is 14.4 Å². The van der Waals surface area contributed by atoms with E-state index in [1.54, 1.807) is 19.1 Å². The number of likely N-dealkylation sites (N-methyl/N-ethyl adjacent to an activating group) is 1. The van der Waals surface area contributed by atoms with Crippen LogP contribution < -0.4 is 11.1 Å². The molecule has 1 aromatic heterocycles. The van der Waals surface area contributed by atoms with Gasteiger partial charge in [-0.15, -0.1) is 11.3 Å². The van der Waals surface area contributed by atoms with Crippen molar-refractivity contribution in [3.05, 3.63) is 51.2 Å². The summed E-state index contributed by atoms with van der Waals surface area (Å²) in [7, 11) is 2.95. The molecule has 0 saturated heterocycles. The molecule has 1 heterocycles. The molecule has 0 spiro atoms. The van der Waals surface area contributed by atoms with E-state index in [1.807, 2.05) is 0 Å². The van der Waals surface area contributed by atoms with Gasteiger partial charge in [0.1, 0.15) is 22.8 Å². The quantitative estimate of drug-likeness (QED) is 0.181. The minimum absolute atomic E-state index is 0.0613. The number of amides is 1. The molecular formula is C35H40N4O8S. The molecule has 7 aliphatic rings. The third kappa shape index (κ3) is 4.10. The van der Waals surface area contributed by atoms with Crippen LogP contribution >= 0.6 is 11.3 Å². The molecule has 13 heteroatoms. The number of carbonyl (C=O) groups is 3. The van der Waals surface area contributed by atoms with Crippen LogP contribution in [0.4, 0.5) is 10.8 Å². The van der Waals surface area contributed by atoms with Gasteiger partial charge in [0.05, 0.1) is 35.0 Å². The van der Waals surface area contributed by atoms with E-state index in [1.165, 1.54) is 62.4 Å². The maximum atomic E-state index is 14.3. The number of ketones is 2. The molecule has 5 saturated carbocycles. The van der Waals surface area contributed by atoms with Crippen molar-refractivity contribution >= 4 is 45.4 Å². The molecule has 4 bridgehead atoms. The second-order valence-electron chi connectivity index (χ2n) is 15.1. The van der Waals surface area contributed by atoms with Crippen LogP contribution in [0.2, 0.25) is 0 Å². The lowest BCUT2D eigenvalue weighted by molar-refractivity contribution is -0.169. The molecule has 9 rings (SSSR count). The van der Waals surface area contributed by atoms with Gasteiger partial charge in [-0.2, -0.15) is 0 Å². The summed E-state index contributed by atoms with van der Waals surface area (Å²) in [6, 6.07) is 1.95. The van der Waals surface area contributed by atoms with Crippen LogP contribution in [0.5, 0.6) is 5.75 Å². The smallest absolute Gasteiger partial charge is 0.255 e. The summed E-state index contributed by atoms with van der Waals surface area (Å²) in [5.74, 6) is -5.70. The molecule has 0 aliphatic heterocycles. The Kier molecular flexibility index (Phi) is 6.96. The van der Waals surface area contributed by atoms with Crippen molar-refractivity contribution in [1.29, 1.82) is 0 Å². The summed E-state index contributed by atoms with van der Waals surface area (Å²) in [6.45, 7) is 1.71. The minimum Gasteiger partial charge on any atom is -0.508 e. The van der Waals surface area contributed by atoms with Crippen LogP contribution in [0.1, 0.15) is 67.7 Å². The molecule has 7 aliphatic carbocycles. The number of fused-ring (bicyclic) bond motifs is 3. The number of phenols is 1. The topological polar surface area (TPSA) is 207 Å². The number of nitrogens with two attached hydrogens (primary N) is 1. The first-order chi connectivity index (χ1) is 22.7. The summed E-state index contributed by atoms with van der Waals surface area (Å²) >= 11 is 1.44. The Balaban J connectivity index is 1.17. The molecule has 1 aromatic carbocycles. The highest BCUT2D eigenvalue weighted by molar-refractivity contribution is 7.13. The van der Waals surface area contributed by atoms with E-state index < -0.39 is 75.6 Å². The lowest BCUT2D eigenvalue weighted by Crippen LogP contribution is -2.70. The number of benzene rings is 1. The molecule has 0 radical (unpaired) electrons. The fraction of sp³-hybridized carbons (Fsp3) is 0.543. The number of anilines is 2. The van der Waals surface area contributed by atoms with Gasteiger partial charge in [0.15, 0.2) is 16.5 Å². The van der Waals surface area contributed by atoms with Crippen molar-refractivity contribution in [2.75, 3.05) is 19.4 Å². The van der Waals surface area contributed by atoms with Crippen LogP contribution in [0, 0.1) is 35.5 Å². The summed E-state index contributed by atoms with van der Waals surface area (Å²) in [6.07, 6.45) is 4.80. The summed E-state index contributed by atoms with van der Waals surface area (Å²) in [4.78, 5) is 46.2. The molecule has 2 aromatic rings. The molecule has 12 nitrogen and oxygen atoms in total. The number of rotatable bonds is 5. The highest BCUT2D eigenvalue weighted by Crippen LogP contribution is 2.60. The Hall–Kier alpha value is -3.78. The molecule has 5 fully saturated rings. The maximum absolute atomic E-state index is 14.3. The Labute approximate surface area is 281 Å². The summed E-state index contributed by atoms with van der Waals surface area (Å²) < 4.78 is 0. The highest BCUT2D eigenvalue weighted by Gasteiger charge is 2.68. The first-order valence-corrected chi connectivity index (χ1v) is 17.5. The number of nitrogens with zero attached hydrogens (tertiary/aromatic N) is 2. The number of thiazole rings is 1. The molecule has 254 valence electrons. The van der Waals surface area contributed by atoms with E-state index in [9.17, 15) is 39.9 Å². The number of hydrogen-bond acceptors (Lipinski definition) is 12. The molecule has 1 amide bonds. The zero-order valence-electron chi connectivity index (χ0n) is 26.9. The first kappa shape index (κ1) is 31.5. The van der Waals surface area contributed by atoms with Crippen LogP contribution in [0.15, 0.2) is 34.4 Å². The van der Waals surface area contributed by atoms with Gasteiger partial charge in [-0.25, -0.2) is 4.98 Å². The van der Waals surface area contributed by atoms with Gasteiger partial charge >= 0.3 is 0 Å². The third-order valence-electron chi connectivity index (χ3n) is 12.5. The minimum atomic E-state index is -2.95. The van der Waals surface area contributed by atoms with E-state index in [0.717, 1.165) is 17.5 Å². The van der Waals surface area contributed by atoms with Crippen molar-refractivity contribution in [2.45, 2.75) is 68.6 Å². The van der Waals surface area contributed by atoms with E-state index in [-0.39, 0.29) is 17.0 Å². The van der Waals surface area contributed by atoms with Gasteiger partial charge in [0.25, 0.3) is 5.91 Å². The average Bonchev–Trinajstić information content (AvgIpc) is 3.47. The van der Waals surface area contributed by atoms with Gasteiger partial charge in [0.2, 0.25) is 5.78 Å². The first-order valence-electron chi connectivity index (χ1n) is 16.6. The molecule has 0 unspecified atom stereocenters. The monoisotopic (exact) mass is 676 g/mol. The molecule has 48 heavy (non-hydrogen) atoms. The lowest BCUT2D eigenvalue weighted by atomic mass is 9.51. The van der Waals surface area contributed by atoms with E-state index >= 15 is 0 Å². The van der Waals surface area contributed by atoms with Gasteiger partial charge in [-0.1, -0.05) is 13.0 Å². The van der Waals surface area contributed by atoms with Crippen LogP contribution in [0.25, 0.3) is 5.76 Å². The number of carbonyl (C=O) groups excluding carboxylic acids is 3. The molecule has 6 atom stereocenters. The van der Waals surface area contributed by atoms with Crippen molar-refractivity contribution in [2.24, 2.45) is 41.2 Å². The maximum Gasteiger partial charge on any atom is 0.255 e. The van der Waals surface area contributed by atoms with Crippen molar-refractivity contribution in [3.63, 3.8) is 0 Å². The fourth-order valence-corrected chi connectivity index (χ4v) is 11.5. The second kappa shape index (κ2) is 10.6. The number of aromatic hydroxyl groups is 1. The van der Waals surface area contributed by atoms with Gasteiger partial charge < -0.3 is 36.6 Å². The zero-order valence-corrected chi connectivity index (χ0v) is 27.7. The van der Waals surface area contributed by atoms with Gasteiger partial charge in [0, 0.05) is 22.8 Å². The van der Waals surface area contributed by atoms with Crippen molar-refractivity contribution in [3.8, 4) is 5.75 Å². The number of aliphatic hydroxyl groups excluding tert-OH is 3. The Morgan fingerprint density at radius 1 is 1.04 bits per heavy atom. The largest absolute Gasteiger partial charge is 0.508 e. The Morgan fingerprint density at radius 2 is 1.69 bits per heavy atom. The number of nitrogens with one attached hydrogen (secondary N) is 1. The Bertz CT molecular complexity index is 1820. The van der Waals surface area contributed by atoms with Crippen LogP contribution in [0.3, 0.4) is 0 Å². The summed E-state index contributed by atoms with van der Waals surface area (Å²) in [5, 5.41) is 64.0. The summed E-state index contributed by atoms with van der Waals surface area (Å²) in [5.41, 5.74) is 2.78. The lowest BCUT2D eigenvalue weighted by Gasteiger charge is -2.54. The second-order valence-corrected chi connectivity index (χ2v) is 16.0. The average molecular weight is 677 g/mol. The predicted octanol–water partition coefficient (Wildman–Crippen LogP) is 3.24. The Morgan fingerprint density at radius 3 is 2.29 bits per heavy atom. The number of aliphatic hydroxyl groups is 4. The normalized spacial score (nSPS) is 38.3. The number of Topliss-reactive ketones (excluding diaryl/α,β-unsaturated/α-hetero) is 2. The number of aromatic nitrogens is 1. The van der Waals surface area contributed by atoms with Gasteiger partial charge in [-0.05, 0) is 87.4 Å². The van der Waals surface area contributed by atoms with Crippen molar-refractivity contribution < 1.29 is 39.9 Å². The molecule has 8 N–H and O–H groups in total. The highest BCUT2D eigenvalue weighted by atomic mass is 32.1. The number of phenolic OH excluding ortho intramolecular Hbond substituents is 1. The van der Waals surface area contributed by atoms with E-state index in [2.05, 4.69) is 10.7 Å². The SMILES string of the molecule is C[C@@H]1c2ccc(Nc3nc(C4C5CC6CC(C5)CC4C6)cs3)c(O)c2C(O)=C2C(=O)[C@@]3(O)C(O)=C(C(N)=O)C(=O)[C@H](N(C)C)[C@H]3[C@H](O)[C@H]21. The fourth-order valence-electron chi connectivity index (χ4n) is 10.7. The van der Waals surface area contributed by atoms with Crippen molar-refractivity contribution in [1.82, 2.24) is 9.88 Å². The predicted molar refractivity (Wildman–Crippen MR) is 176 cm³/mol. The number of hydrogen-bond donors (Lipinski definition) is 7. The zero-order chi connectivity index (χ0) is 34.1. The standard InChI is InChI=1S/C35H40N4O8S/c1-12-17-4-5-18(37-34-38-19(11-48-34)21-15-7-13-6-14(9-15)10-16(21)8-13)27(40)22(17)28(41)23-20(12)29(42)25-26(39(2)3)30(43)24(33(36)46)32(45)35(25,47)31(23)44/h4-5,11-16,20-21,25-26,29,40-42,45,47H,6-10H2,1-3H3,(H2,36,46)(H,37,38)/t12-,13?,14?,15?,16?,20+,21?,25+,26-,29-,35-/m1/s1. The van der Waals surface area contributed by atoms with E-state index in [0.29, 0.717) is 28.4 Å². The van der Waals surface area contributed by atoms with Gasteiger partial charge in [-0.3, -0.25) is 19.3 Å². The molecular weight excluding hydrogens is 636 g/mol. The third-order valence-corrected chi connectivity index (χ3v) is 13.2.